The Balaban J connectivity index is 2.09. The van der Waals surface area contributed by atoms with Gasteiger partial charge in [0.2, 0.25) is 0 Å². The summed E-state index contributed by atoms with van der Waals surface area (Å²) in [6, 6.07) is 16.0. The normalized spacial score (nSPS) is 10.1. The van der Waals surface area contributed by atoms with Gasteiger partial charge in [0.15, 0.2) is 0 Å². The van der Waals surface area contributed by atoms with Gasteiger partial charge in [-0.15, -0.1) is 11.8 Å². The molecule has 0 saturated carbocycles. The lowest BCUT2D eigenvalue weighted by atomic mass is 10.1. The summed E-state index contributed by atoms with van der Waals surface area (Å²) in [5.74, 6) is 1.46. The predicted molar refractivity (Wildman–Crippen MR) is 81.6 cm³/mol. The second-order valence-corrected chi connectivity index (χ2v) is 5.34. The molecule has 4 heteroatoms. The number of thioether (sulfide) groups is 1. The first-order valence-corrected chi connectivity index (χ1v) is 7.24. The van der Waals surface area contributed by atoms with Crippen LogP contribution >= 0.6 is 11.8 Å². The van der Waals surface area contributed by atoms with E-state index < -0.39 is 0 Å². The highest BCUT2D eigenvalue weighted by atomic mass is 32.2. The zero-order valence-corrected chi connectivity index (χ0v) is 12.1. The van der Waals surface area contributed by atoms with Gasteiger partial charge in [0, 0.05) is 17.2 Å². The van der Waals surface area contributed by atoms with E-state index in [1.807, 2.05) is 24.3 Å². The van der Waals surface area contributed by atoms with Crippen LogP contribution in [-0.2, 0) is 12.3 Å². The molecule has 0 atom stereocenters. The third kappa shape index (κ3) is 3.53. The van der Waals surface area contributed by atoms with Crippen molar-refractivity contribution in [2.24, 2.45) is 5.73 Å². The van der Waals surface area contributed by atoms with Crippen LogP contribution in [0.5, 0.6) is 5.75 Å². The van der Waals surface area contributed by atoms with Crippen molar-refractivity contribution in [2.45, 2.75) is 17.2 Å². The second-order valence-electron chi connectivity index (χ2n) is 4.29. The summed E-state index contributed by atoms with van der Waals surface area (Å²) in [7, 11) is 1.58. The number of methoxy groups -OCH3 is 1. The van der Waals surface area contributed by atoms with E-state index in [4.69, 9.17) is 15.7 Å². The first kappa shape index (κ1) is 14.4. The van der Waals surface area contributed by atoms with Gasteiger partial charge in [-0.3, -0.25) is 0 Å². The lowest BCUT2D eigenvalue weighted by Crippen LogP contribution is -1.95. The highest BCUT2D eigenvalue weighted by Crippen LogP contribution is 2.26. The molecule has 2 rings (SSSR count). The summed E-state index contributed by atoms with van der Waals surface area (Å²) in [4.78, 5) is 1.19. The average Bonchev–Trinajstić information content (AvgIpc) is 2.52. The number of nitriles is 1. The zero-order chi connectivity index (χ0) is 14.4. The van der Waals surface area contributed by atoms with E-state index in [0.717, 1.165) is 16.9 Å². The van der Waals surface area contributed by atoms with Crippen LogP contribution in [0.1, 0.15) is 16.7 Å². The van der Waals surface area contributed by atoms with Crippen LogP contribution in [-0.4, -0.2) is 7.11 Å². The van der Waals surface area contributed by atoms with Crippen molar-refractivity contribution in [3.05, 3.63) is 59.2 Å². The topological polar surface area (TPSA) is 59.0 Å². The molecule has 3 nitrogen and oxygen atoms in total. The standard InChI is InChI=1S/C16H16N2OS/c1-19-16-8-13(5-6-14(16)10-18)11-20-15-4-2-3-12(7-15)9-17/h2-8H,9,11,17H2,1H3. The Hall–Kier alpha value is -1.96. The summed E-state index contributed by atoms with van der Waals surface area (Å²) >= 11 is 1.74. The molecular formula is C16H16N2OS. The van der Waals surface area contributed by atoms with E-state index in [1.54, 1.807) is 24.9 Å². The molecular weight excluding hydrogens is 268 g/mol. The van der Waals surface area contributed by atoms with Gasteiger partial charge in [-0.25, -0.2) is 0 Å². The Morgan fingerprint density at radius 2 is 2.05 bits per heavy atom. The Labute approximate surface area is 123 Å². The number of benzene rings is 2. The summed E-state index contributed by atoms with van der Waals surface area (Å²) < 4.78 is 5.22. The molecule has 0 radical (unpaired) electrons. The molecule has 0 fully saturated rings. The lowest BCUT2D eigenvalue weighted by molar-refractivity contribution is 0.413. The van der Waals surface area contributed by atoms with Gasteiger partial charge in [-0.1, -0.05) is 18.2 Å². The molecule has 102 valence electrons. The number of rotatable bonds is 5. The molecule has 20 heavy (non-hydrogen) atoms. The smallest absolute Gasteiger partial charge is 0.136 e. The molecule has 2 N–H and O–H groups in total. The van der Waals surface area contributed by atoms with Gasteiger partial charge >= 0.3 is 0 Å². The third-order valence-electron chi connectivity index (χ3n) is 2.93. The highest BCUT2D eigenvalue weighted by Gasteiger charge is 2.04. The van der Waals surface area contributed by atoms with Crippen LogP contribution in [0.2, 0.25) is 0 Å². The van der Waals surface area contributed by atoms with Gasteiger partial charge in [0.25, 0.3) is 0 Å². The largest absolute Gasteiger partial charge is 0.495 e. The van der Waals surface area contributed by atoms with Crippen molar-refractivity contribution in [1.29, 1.82) is 5.26 Å². The Morgan fingerprint density at radius 1 is 1.20 bits per heavy atom. The van der Waals surface area contributed by atoms with E-state index in [0.29, 0.717) is 17.9 Å². The van der Waals surface area contributed by atoms with Crippen LogP contribution in [0.3, 0.4) is 0 Å². The second kappa shape index (κ2) is 6.99. The van der Waals surface area contributed by atoms with E-state index in [2.05, 4.69) is 18.2 Å². The maximum absolute atomic E-state index is 8.96. The SMILES string of the molecule is COc1cc(CSc2cccc(CN)c2)ccc1C#N. The molecule has 0 aromatic heterocycles. The number of nitrogens with zero attached hydrogens (tertiary/aromatic N) is 1. The van der Waals surface area contributed by atoms with Gasteiger partial charge in [0.1, 0.15) is 11.8 Å². The molecule has 0 aliphatic carbocycles. The number of ether oxygens (including phenoxy) is 1. The van der Waals surface area contributed by atoms with Gasteiger partial charge in [-0.05, 0) is 35.4 Å². The molecule has 0 saturated heterocycles. The minimum Gasteiger partial charge on any atom is -0.495 e. The van der Waals surface area contributed by atoms with Gasteiger partial charge in [-0.2, -0.15) is 5.26 Å². The van der Waals surface area contributed by atoms with Crippen molar-refractivity contribution >= 4 is 11.8 Å². The number of hydrogen-bond acceptors (Lipinski definition) is 4. The predicted octanol–water partition coefficient (Wildman–Crippen LogP) is 3.32. The first-order chi connectivity index (χ1) is 9.76. The fourth-order valence-corrected chi connectivity index (χ4v) is 2.77. The molecule has 0 spiro atoms. The van der Waals surface area contributed by atoms with E-state index in [1.165, 1.54) is 4.90 Å². The summed E-state index contributed by atoms with van der Waals surface area (Å²) in [6.45, 7) is 0.555. The maximum atomic E-state index is 8.96. The Morgan fingerprint density at radius 3 is 2.75 bits per heavy atom. The van der Waals surface area contributed by atoms with Crippen molar-refractivity contribution in [1.82, 2.24) is 0 Å². The maximum Gasteiger partial charge on any atom is 0.136 e. The van der Waals surface area contributed by atoms with E-state index >= 15 is 0 Å². The van der Waals surface area contributed by atoms with Gasteiger partial charge < -0.3 is 10.5 Å². The molecule has 0 unspecified atom stereocenters. The summed E-state index contributed by atoms with van der Waals surface area (Å²) in [5, 5.41) is 8.96. The van der Waals surface area contributed by atoms with Crippen LogP contribution in [0.4, 0.5) is 0 Å². The molecule has 0 aliphatic rings. The van der Waals surface area contributed by atoms with Crippen molar-refractivity contribution in [2.75, 3.05) is 7.11 Å². The average molecular weight is 284 g/mol. The molecule has 2 aromatic rings. The van der Waals surface area contributed by atoms with Crippen LogP contribution in [0, 0.1) is 11.3 Å². The minimum absolute atomic E-state index is 0.555. The highest BCUT2D eigenvalue weighted by molar-refractivity contribution is 7.98. The molecule has 0 aliphatic heterocycles. The number of nitrogens with two attached hydrogens (primary N) is 1. The quantitative estimate of drug-likeness (QED) is 0.856. The zero-order valence-electron chi connectivity index (χ0n) is 11.3. The monoisotopic (exact) mass is 284 g/mol. The summed E-state index contributed by atoms with van der Waals surface area (Å²) in [5.41, 5.74) is 8.46. The fraction of sp³-hybridized carbons (Fsp3) is 0.188. The molecule has 0 amide bonds. The summed E-state index contributed by atoms with van der Waals surface area (Å²) in [6.07, 6.45) is 0. The molecule has 0 heterocycles. The Kier molecular flexibility index (Phi) is 5.05. The lowest BCUT2D eigenvalue weighted by Gasteiger charge is -2.07. The minimum atomic E-state index is 0.555. The van der Waals surface area contributed by atoms with Gasteiger partial charge in [0.05, 0.1) is 12.7 Å². The van der Waals surface area contributed by atoms with Crippen molar-refractivity contribution < 1.29 is 4.74 Å². The Bertz CT molecular complexity index is 635. The molecule has 2 aromatic carbocycles. The fourth-order valence-electron chi connectivity index (χ4n) is 1.85. The van der Waals surface area contributed by atoms with E-state index in [9.17, 15) is 0 Å². The van der Waals surface area contributed by atoms with Crippen molar-refractivity contribution in [3.8, 4) is 11.8 Å². The number of hydrogen-bond donors (Lipinski definition) is 1. The third-order valence-corrected chi connectivity index (χ3v) is 3.99. The first-order valence-electron chi connectivity index (χ1n) is 6.25. The molecule has 0 bridgehead atoms. The van der Waals surface area contributed by atoms with Crippen LogP contribution < -0.4 is 10.5 Å². The van der Waals surface area contributed by atoms with E-state index in [-0.39, 0.29) is 0 Å². The van der Waals surface area contributed by atoms with Crippen LogP contribution in [0.15, 0.2) is 47.4 Å². The van der Waals surface area contributed by atoms with Crippen molar-refractivity contribution in [3.63, 3.8) is 0 Å². The van der Waals surface area contributed by atoms with Crippen LogP contribution in [0.25, 0.3) is 0 Å².